The summed E-state index contributed by atoms with van der Waals surface area (Å²) < 4.78 is 5.06. The van der Waals surface area contributed by atoms with Gasteiger partial charge in [0, 0.05) is 6.20 Å². The van der Waals surface area contributed by atoms with Gasteiger partial charge in [0.25, 0.3) is 5.91 Å². The van der Waals surface area contributed by atoms with Crippen LogP contribution < -0.4 is 10.1 Å². The minimum Gasteiger partial charge on any atom is -0.482 e. The number of ether oxygens (including phenoxy) is 1. The number of nitrogens with zero attached hydrogens (tertiary/aromatic N) is 2. The molecule has 1 heterocycles. The largest absolute Gasteiger partial charge is 0.482 e. The van der Waals surface area contributed by atoms with Crippen molar-refractivity contribution in [3.8, 4) is 5.75 Å². The lowest BCUT2D eigenvalue weighted by Gasteiger charge is -2.14. The molecular weight excluding hydrogens is 298 g/mol. The molecular formula is C16H17N3O4. The second-order valence-electron chi connectivity index (χ2n) is 4.99. The van der Waals surface area contributed by atoms with E-state index in [1.165, 1.54) is 12.4 Å². The quantitative estimate of drug-likeness (QED) is 0.842. The Labute approximate surface area is 133 Å². The number of carboxylic acids is 1. The number of hydrogen-bond acceptors (Lipinski definition) is 5. The maximum atomic E-state index is 12.1. The minimum atomic E-state index is -1.03. The van der Waals surface area contributed by atoms with Crippen molar-refractivity contribution in [3.63, 3.8) is 0 Å². The van der Waals surface area contributed by atoms with Gasteiger partial charge >= 0.3 is 5.97 Å². The van der Waals surface area contributed by atoms with Gasteiger partial charge < -0.3 is 15.2 Å². The normalized spacial score (nSPS) is 11.6. The van der Waals surface area contributed by atoms with Crippen LogP contribution in [-0.2, 0) is 4.79 Å². The number of amides is 1. The van der Waals surface area contributed by atoms with Crippen molar-refractivity contribution in [2.24, 2.45) is 0 Å². The number of carboxylic acid groups (broad SMARTS) is 1. The summed E-state index contributed by atoms with van der Waals surface area (Å²) in [5, 5.41) is 11.4. The molecule has 2 rings (SSSR count). The molecule has 120 valence electrons. The fourth-order valence-electron chi connectivity index (χ4n) is 1.86. The maximum Gasteiger partial charge on any atom is 0.341 e. The van der Waals surface area contributed by atoms with Crippen LogP contribution in [0.25, 0.3) is 0 Å². The van der Waals surface area contributed by atoms with E-state index in [9.17, 15) is 9.59 Å². The van der Waals surface area contributed by atoms with Gasteiger partial charge in [0.15, 0.2) is 6.61 Å². The average molecular weight is 315 g/mol. The van der Waals surface area contributed by atoms with Crippen LogP contribution in [-0.4, -0.2) is 33.6 Å². The van der Waals surface area contributed by atoms with Crippen molar-refractivity contribution < 1.29 is 19.4 Å². The molecule has 1 aromatic carbocycles. The van der Waals surface area contributed by atoms with Crippen molar-refractivity contribution >= 4 is 11.9 Å². The van der Waals surface area contributed by atoms with E-state index in [1.54, 1.807) is 31.2 Å². The topological polar surface area (TPSA) is 101 Å². The number of nitrogens with one attached hydrogen (secondary N) is 1. The monoisotopic (exact) mass is 315 g/mol. The molecule has 2 aromatic rings. The number of carbonyl (C=O) groups is 2. The number of hydrogen-bond donors (Lipinski definition) is 2. The third-order valence-corrected chi connectivity index (χ3v) is 3.10. The Bertz CT molecular complexity index is 683. The highest BCUT2D eigenvalue weighted by molar-refractivity contribution is 5.92. The number of aryl methyl sites for hydroxylation is 1. The van der Waals surface area contributed by atoms with Gasteiger partial charge in [-0.2, -0.15) is 0 Å². The Morgan fingerprint density at radius 1 is 1.22 bits per heavy atom. The van der Waals surface area contributed by atoms with Crippen LogP contribution in [0.1, 0.15) is 34.7 Å². The summed E-state index contributed by atoms with van der Waals surface area (Å²) in [6.45, 7) is 3.25. The first-order valence-corrected chi connectivity index (χ1v) is 7.00. The van der Waals surface area contributed by atoms with E-state index in [4.69, 9.17) is 9.84 Å². The van der Waals surface area contributed by atoms with E-state index in [0.29, 0.717) is 5.75 Å². The van der Waals surface area contributed by atoms with Gasteiger partial charge in [-0.15, -0.1) is 0 Å². The standard InChI is InChI=1S/C16H17N3O4/c1-10-7-18-14(8-17-10)16(22)19-11(2)12-3-5-13(6-4-12)23-9-15(20)21/h3-8,11H,9H2,1-2H3,(H,19,22)(H,20,21). The summed E-state index contributed by atoms with van der Waals surface area (Å²) in [6, 6.07) is 6.62. The number of carbonyl (C=O) groups excluding carboxylic acids is 1. The summed E-state index contributed by atoms with van der Waals surface area (Å²) in [6.07, 6.45) is 2.97. The molecule has 0 bridgehead atoms. The summed E-state index contributed by atoms with van der Waals surface area (Å²) in [5.74, 6) is -0.885. The van der Waals surface area contributed by atoms with E-state index in [0.717, 1.165) is 11.3 Å². The zero-order valence-electron chi connectivity index (χ0n) is 12.8. The van der Waals surface area contributed by atoms with Crippen molar-refractivity contribution in [1.82, 2.24) is 15.3 Å². The molecule has 1 unspecified atom stereocenters. The molecule has 7 heteroatoms. The zero-order valence-corrected chi connectivity index (χ0v) is 12.8. The van der Waals surface area contributed by atoms with Crippen LogP contribution in [0.15, 0.2) is 36.7 Å². The SMILES string of the molecule is Cc1cnc(C(=O)NC(C)c2ccc(OCC(=O)O)cc2)cn1. The molecule has 2 N–H and O–H groups in total. The van der Waals surface area contributed by atoms with Gasteiger partial charge in [-0.25, -0.2) is 9.78 Å². The summed E-state index contributed by atoms with van der Waals surface area (Å²) in [5.41, 5.74) is 1.86. The lowest BCUT2D eigenvalue weighted by molar-refractivity contribution is -0.139. The predicted molar refractivity (Wildman–Crippen MR) is 82.2 cm³/mol. The fraction of sp³-hybridized carbons (Fsp3) is 0.250. The minimum absolute atomic E-state index is 0.237. The fourth-order valence-corrected chi connectivity index (χ4v) is 1.86. The molecule has 1 amide bonds. The van der Waals surface area contributed by atoms with Crippen LogP contribution in [0.3, 0.4) is 0 Å². The highest BCUT2D eigenvalue weighted by atomic mass is 16.5. The van der Waals surface area contributed by atoms with E-state index in [1.807, 2.05) is 6.92 Å². The first kappa shape index (κ1) is 16.4. The molecule has 0 radical (unpaired) electrons. The van der Waals surface area contributed by atoms with Crippen molar-refractivity contribution in [1.29, 1.82) is 0 Å². The third kappa shape index (κ3) is 4.77. The van der Waals surface area contributed by atoms with Crippen LogP contribution in [0, 0.1) is 6.92 Å². The smallest absolute Gasteiger partial charge is 0.341 e. The summed E-state index contributed by atoms with van der Waals surface area (Å²) in [7, 11) is 0. The highest BCUT2D eigenvalue weighted by Gasteiger charge is 2.13. The van der Waals surface area contributed by atoms with Gasteiger partial charge in [-0.05, 0) is 31.5 Å². The molecule has 1 aromatic heterocycles. The highest BCUT2D eigenvalue weighted by Crippen LogP contribution is 2.18. The zero-order chi connectivity index (χ0) is 16.8. The molecule has 23 heavy (non-hydrogen) atoms. The van der Waals surface area contributed by atoms with Crippen LogP contribution in [0.5, 0.6) is 5.75 Å². The van der Waals surface area contributed by atoms with E-state index in [2.05, 4.69) is 15.3 Å². The molecule has 0 aliphatic carbocycles. The average Bonchev–Trinajstić information content (AvgIpc) is 2.54. The molecule has 0 saturated heterocycles. The molecule has 0 saturated carbocycles. The Hall–Kier alpha value is -2.96. The maximum absolute atomic E-state index is 12.1. The molecule has 0 aliphatic rings. The number of aliphatic carboxylic acids is 1. The first-order valence-electron chi connectivity index (χ1n) is 7.00. The van der Waals surface area contributed by atoms with Crippen molar-refractivity contribution in [2.45, 2.75) is 19.9 Å². The van der Waals surface area contributed by atoms with E-state index >= 15 is 0 Å². The molecule has 0 fully saturated rings. The lowest BCUT2D eigenvalue weighted by atomic mass is 10.1. The van der Waals surface area contributed by atoms with Crippen LogP contribution in [0.2, 0.25) is 0 Å². The Morgan fingerprint density at radius 3 is 2.48 bits per heavy atom. The Balaban J connectivity index is 1.97. The van der Waals surface area contributed by atoms with Crippen molar-refractivity contribution in [2.75, 3.05) is 6.61 Å². The third-order valence-electron chi connectivity index (χ3n) is 3.10. The summed E-state index contributed by atoms with van der Waals surface area (Å²) >= 11 is 0. The molecule has 0 spiro atoms. The Morgan fingerprint density at radius 2 is 1.91 bits per heavy atom. The molecule has 7 nitrogen and oxygen atoms in total. The van der Waals surface area contributed by atoms with E-state index in [-0.39, 0.29) is 17.6 Å². The van der Waals surface area contributed by atoms with Crippen LogP contribution in [0.4, 0.5) is 0 Å². The van der Waals surface area contributed by atoms with Gasteiger partial charge in [0.1, 0.15) is 11.4 Å². The van der Waals surface area contributed by atoms with Crippen molar-refractivity contribution in [3.05, 3.63) is 53.6 Å². The molecule has 1 atom stereocenters. The Kier molecular flexibility index (Phi) is 5.24. The second kappa shape index (κ2) is 7.35. The predicted octanol–water partition coefficient (Wildman–Crippen LogP) is 1.74. The van der Waals surface area contributed by atoms with Gasteiger partial charge in [0.2, 0.25) is 0 Å². The van der Waals surface area contributed by atoms with Gasteiger partial charge in [0.05, 0.1) is 17.9 Å². The summed E-state index contributed by atoms with van der Waals surface area (Å²) in [4.78, 5) is 30.6. The second-order valence-corrected chi connectivity index (χ2v) is 4.99. The number of aromatic nitrogens is 2. The lowest BCUT2D eigenvalue weighted by Crippen LogP contribution is -2.27. The number of rotatable bonds is 6. The van der Waals surface area contributed by atoms with Gasteiger partial charge in [-0.3, -0.25) is 9.78 Å². The number of benzene rings is 1. The van der Waals surface area contributed by atoms with Crippen LogP contribution >= 0.6 is 0 Å². The first-order chi connectivity index (χ1) is 11.0. The van der Waals surface area contributed by atoms with Gasteiger partial charge in [-0.1, -0.05) is 12.1 Å². The molecule has 0 aliphatic heterocycles. The van der Waals surface area contributed by atoms with E-state index < -0.39 is 12.6 Å².